The molecule has 2 aromatic rings. The minimum absolute atomic E-state index is 0.0467. The third-order valence-corrected chi connectivity index (χ3v) is 4.90. The highest BCUT2D eigenvalue weighted by atomic mass is 32.1. The van der Waals surface area contributed by atoms with Crippen molar-refractivity contribution in [2.45, 2.75) is 45.4 Å². The molecular weight excluding hydrogens is 280 g/mol. The third kappa shape index (κ3) is 3.70. The first kappa shape index (κ1) is 14.7. The fourth-order valence-corrected chi connectivity index (χ4v) is 3.45. The molecule has 1 fully saturated rings. The number of ether oxygens (including phenoxy) is 1. The van der Waals surface area contributed by atoms with Crippen molar-refractivity contribution in [1.82, 2.24) is 10.3 Å². The summed E-state index contributed by atoms with van der Waals surface area (Å²) in [5.41, 5.74) is 2.30. The Morgan fingerprint density at radius 1 is 1.33 bits per heavy atom. The maximum Gasteiger partial charge on any atom is 0.134 e. The molecule has 21 heavy (non-hydrogen) atoms. The number of nitrogens with one attached hydrogen (secondary N) is 1. The van der Waals surface area contributed by atoms with Gasteiger partial charge in [-0.2, -0.15) is 0 Å². The highest BCUT2D eigenvalue weighted by molar-refractivity contribution is 7.11. The van der Waals surface area contributed by atoms with Crippen LogP contribution in [0.2, 0.25) is 0 Å². The van der Waals surface area contributed by atoms with Crippen LogP contribution >= 0.6 is 11.3 Å². The summed E-state index contributed by atoms with van der Waals surface area (Å²) in [5.74, 6) is 0. The molecule has 0 spiro atoms. The Morgan fingerprint density at radius 2 is 2.10 bits per heavy atom. The Hall–Kier alpha value is -1.23. The van der Waals surface area contributed by atoms with Crippen LogP contribution in [0, 0.1) is 6.92 Å². The zero-order valence-electron chi connectivity index (χ0n) is 12.6. The van der Waals surface area contributed by atoms with Crippen molar-refractivity contribution in [2.24, 2.45) is 0 Å². The molecule has 0 aliphatic heterocycles. The Morgan fingerprint density at radius 3 is 2.76 bits per heavy atom. The molecule has 112 valence electrons. The molecule has 1 aromatic carbocycles. The molecule has 0 saturated heterocycles. The van der Waals surface area contributed by atoms with Crippen molar-refractivity contribution in [3.63, 3.8) is 0 Å². The number of thiazole rings is 1. The maximum atomic E-state index is 5.95. The van der Waals surface area contributed by atoms with Crippen LogP contribution < -0.4 is 5.32 Å². The van der Waals surface area contributed by atoms with Crippen LogP contribution in [-0.4, -0.2) is 17.6 Å². The van der Waals surface area contributed by atoms with Gasteiger partial charge >= 0.3 is 0 Å². The predicted octanol–water partition coefficient (Wildman–Crippen LogP) is 3.83. The van der Waals surface area contributed by atoms with Crippen LogP contribution in [0.25, 0.3) is 0 Å². The Bertz CT molecular complexity index is 578. The normalized spacial score (nSPS) is 16.1. The van der Waals surface area contributed by atoms with Crippen LogP contribution in [0.5, 0.6) is 0 Å². The number of aryl methyl sites for hydroxylation is 1. The summed E-state index contributed by atoms with van der Waals surface area (Å²) in [4.78, 5) is 6.09. The predicted molar refractivity (Wildman–Crippen MR) is 86.6 cm³/mol. The van der Waals surface area contributed by atoms with E-state index in [1.54, 1.807) is 11.3 Å². The molecule has 4 heteroatoms. The summed E-state index contributed by atoms with van der Waals surface area (Å²) >= 11 is 1.77. The standard InChI is InChI=1S/C17H22N2OS/c1-3-20-16(13-7-5-4-6-8-13)17-19-12(2)15(21-17)11-18-14-9-10-14/h4-8,14,16,18H,3,9-11H2,1-2H3. The molecule has 1 N–H and O–H groups in total. The number of benzene rings is 1. The zero-order chi connectivity index (χ0) is 14.7. The lowest BCUT2D eigenvalue weighted by molar-refractivity contribution is 0.0911. The number of rotatable bonds is 7. The number of aromatic nitrogens is 1. The van der Waals surface area contributed by atoms with E-state index in [0.717, 1.165) is 23.3 Å². The molecule has 1 aliphatic carbocycles. The topological polar surface area (TPSA) is 34.1 Å². The average Bonchev–Trinajstić information content (AvgIpc) is 3.26. The van der Waals surface area contributed by atoms with Gasteiger partial charge in [0.1, 0.15) is 11.1 Å². The van der Waals surface area contributed by atoms with Gasteiger partial charge in [-0.3, -0.25) is 0 Å². The summed E-state index contributed by atoms with van der Waals surface area (Å²) in [5, 5.41) is 4.63. The summed E-state index contributed by atoms with van der Waals surface area (Å²) in [6, 6.07) is 11.1. The molecule has 3 rings (SSSR count). The van der Waals surface area contributed by atoms with Crippen LogP contribution in [0.1, 0.15) is 47.0 Å². The third-order valence-electron chi connectivity index (χ3n) is 3.70. The van der Waals surface area contributed by atoms with Crippen molar-refractivity contribution >= 4 is 11.3 Å². The molecule has 1 saturated carbocycles. The molecule has 0 bridgehead atoms. The lowest BCUT2D eigenvalue weighted by Gasteiger charge is -2.14. The molecule has 1 heterocycles. The minimum atomic E-state index is -0.0467. The monoisotopic (exact) mass is 302 g/mol. The summed E-state index contributed by atoms with van der Waals surface area (Å²) in [6.45, 7) is 5.75. The van der Waals surface area contributed by atoms with E-state index in [2.05, 4.69) is 36.5 Å². The van der Waals surface area contributed by atoms with E-state index < -0.39 is 0 Å². The van der Waals surface area contributed by atoms with Gasteiger partial charge in [-0.15, -0.1) is 11.3 Å². The SMILES string of the molecule is CCOC(c1ccccc1)c1nc(C)c(CNC2CC2)s1. The first-order valence-electron chi connectivity index (χ1n) is 7.64. The number of nitrogens with zero attached hydrogens (tertiary/aromatic N) is 1. The highest BCUT2D eigenvalue weighted by Crippen LogP contribution is 2.31. The van der Waals surface area contributed by atoms with E-state index in [-0.39, 0.29) is 6.10 Å². The van der Waals surface area contributed by atoms with Crippen LogP contribution in [-0.2, 0) is 11.3 Å². The van der Waals surface area contributed by atoms with Gasteiger partial charge in [0.25, 0.3) is 0 Å². The highest BCUT2D eigenvalue weighted by Gasteiger charge is 2.23. The first-order valence-corrected chi connectivity index (χ1v) is 8.45. The van der Waals surface area contributed by atoms with Crippen molar-refractivity contribution in [1.29, 1.82) is 0 Å². The van der Waals surface area contributed by atoms with E-state index in [0.29, 0.717) is 6.61 Å². The molecule has 0 amide bonds. The van der Waals surface area contributed by atoms with E-state index in [1.807, 2.05) is 13.0 Å². The first-order chi connectivity index (χ1) is 10.3. The second kappa shape index (κ2) is 6.69. The molecule has 1 unspecified atom stereocenters. The van der Waals surface area contributed by atoms with Gasteiger partial charge in [0.15, 0.2) is 0 Å². The zero-order valence-corrected chi connectivity index (χ0v) is 13.5. The van der Waals surface area contributed by atoms with Gasteiger partial charge in [0.05, 0.1) is 5.69 Å². The molecule has 1 atom stereocenters. The van der Waals surface area contributed by atoms with E-state index >= 15 is 0 Å². The van der Waals surface area contributed by atoms with Crippen molar-refractivity contribution < 1.29 is 4.74 Å². The Kier molecular flexibility index (Phi) is 4.68. The van der Waals surface area contributed by atoms with Crippen molar-refractivity contribution in [3.8, 4) is 0 Å². The second-order valence-corrected chi connectivity index (χ2v) is 6.58. The van der Waals surface area contributed by atoms with Gasteiger partial charge in [0.2, 0.25) is 0 Å². The smallest absolute Gasteiger partial charge is 0.134 e. The molecular formula is C17H22N2OS. The van der Waals surface area contributed by atoms with Gasteiger partial charge in [0, 0.05) is 24.1 Å². The Balaban J connectivity index is 1.80. The van der Waals surface area contributed by atoms with Crippen LogP contribution in [0.3, 0.4) is 0 Å². The summed E-state index contributed by atoms with van der Waals surface area (Å²) < 4.78 is 5.95. The molecule has 1 aliphatic rings. The number of hydrogen-bond acceptors (Lipinski definition) is 4. The summed E-state index contributed by atoms with van der Waals surface area (Å²) in [7, 11) is 0. The fraction of sp³-hybridized carbons (Fsp3) is 0.471. The summed E-state index contributed by atoms with van der Waals surface area (Å²) in [6.07, 6.45) is 2.58. The van der Waals surface area contributed by atoms with E-state index in [1.165, 1.54) is 23.3 Å². The van der Waals surface area contributed by atoms with Gasteiger partial charge < -0.3 is 10.1 Å². The fourth-order valence-electron chi connectivity index (χ4n) is 2.36. The molecule has 3 nitrogen and oxygen atoms in total. The van der Waals surface area contributed by atoms with E-state index in [9.17, 15) is 0 Å². The average molecular weight is 302 g/mol. The van der Waals surface area contributed by atoms with Gasteiger partial charge in [-0.1, -0.05) is 30.3 Å². The lowest BCUT2D eigenvalue weighted by Crippen LogP contribution is -2.14. The van der Waals surface area contributed by atoms with Gasteiger partial charge in [-0.05, 0) is 32.3 Å². The maximum absolute atomic E-state index is 5.95. The van der Waals surface area contributed by atoms with Gasteiger partial charge in [-0.25, -0.2) is 4.98 Å². The lowest BCUT2D eigenvalue weighted by atomic mass is 10.1. The van der Waals surface area contributed by atoms with Crippen LogP contribution in [0.15, 0.2) is 30.3 Å². The van der Waals surface area contributed by atoms with Crippen molar-refractivity contribution in [2.75, 3.05) is 6.61 Å². The van der Waals surface area contributed by atoms with E-state index in [4.69, 9.17) is 9.72 Å². The number of hydrogen-bond donors (Lipinski definition) is 1. The minimum Gasteiger partial charge on any atom is -0.367 e. The second-order valence-electron chi connectivity index (χ2n) is 5.46. The molecule has 0 radical (unpaired) electrons. The quantitative estimate of drug-likeness (QED) is 0.844. The largest absolute Gasteiger partial charge is 0.367 e. The van der Waals surface area contributed by atoms with Crippen molar-refractivity contribution in [3.05, 3.63) is 51.5 Å². The Labute approximate surface area is 130 Å². The van der Waals surface area contributed by atoms with Crippen LogP contribution in [0.4, 0.5) is 0 Å². The molecule has 1 aromatic heterocycles.